The van der Waals surface area contributed by atoms with Gasteiger partial charge >= 0.3 is 0 Å². The third-order valence-electron chi connectivity index (χ3n) is 1.35. The molecule has 0 amide bonds. The van der Waals surface area contributed by atoms with Gasteiger partial charge in [-0.2, -0.15) is 0 Å². The van der Waals surface area contributed by atoms with E-state index in [1.54, 1.807) is 7.11 Å². The number of hydrogen-bond acceptors (Lipinski definition) is 2. The molecular formula is C9H19NO. The fourth-order valence-corrected chi connectivity index (χ4v) is 1.01. The molecule has 0 aromatic rings. The van der Waals surface area contributed by atoms with Gasteiger partial charge in [-0.3, -0.25) is 0 Å². The summed E-state index contributed by atoms with van der Waals surface area (Å²) in [7, 11) is 1.73. The summed E-state index contributed by atoms with van der Waals surface area (Å²) in [5.74, 6) is 0. The van der Waals surface area contributed by atoms with E-state index < -0.39 is 0 Å². The average Bonchev–Trinajstić information content (AvgIpc) is 1.87. The first-order valence-corrected chi connectivity index (χ1v) is 4.08. The fraction of sp³-hybridized carbons (Fsp3) is 0.778. The molecule has 0 bridgehead atoms. The molecule has 1 N–H and O–H groups in total. The highest BCUT2D eigenvalue weighted by molar-refractivity contribution is 5.00. The molecule has 0 aromatic heterocycles. The lowest BCUT2D eigenvalue weighted by atomic mass is 10.2. The SMILES string of the molecule is CCNC(C=C(C)C)COC. The molecule has 0 radical (unpaired) electrons. The second-order valence-corrected chi connectivity index (χ2v) is 2.86. The van der Waals surface area contributed by atoms with Crippen LogP contribution >= 0.6 is 0 Å². The Hall–Kier alpha value is -0.340. The summed E-state index contributed by atoms with van der Waals surface area (Å²) in [5.41, 5.74) is 1.33. The Morgan fingerprint density at radius 2 is 2.18 bits per heavy atom. The molecular weight excluding hydrogens is 138 g/mol. The van der Waals surface area contributed by atoms with Crippen LogP contribution in [-0.4, -0.2) is 26.3 Å². The Kier molecular flexibility index (Phi) is 6.18. The lowest BCUT2D eigenvalue weighted by molar-refractivity contribution is 0.181. The van der Waals surface area contributed by atoms with Crippen molar-refractivity contribution in [3.05, 3.63) is 11.6 Å². The number of likely N-dealkylation sites (N-methyl/N-ethyl adjacent to an activating group) is 1. The summed E-state index contributed by atoms with van der Waals surface area (Å²) in [5, 5.41) is 3.31. The van der Waals surface area contributed by atoms with Crippen LogP contribution in [0.5, 0.6) is 0 Å². The molecule has 0 heterocycles. The molecule has 0 fully saturated rings. The molecule has 0 aromatic carbocycles. The first-order chi connectivity index (χ1) is 5.20. The fourth-order valence-electron chi connectivity index (χ4n) is 1.01. The van der Waals surface area contributed by atoms with Crippen molar-refractivity contribution in [2.24, 2.45) is 0 Å². The van der Waals surface area contributed by atoms with Crippen LogP contribution in [0.2, 0.25) is 0 Å². The van der Waals surface area contributed by atoms with Gasteiger partial charge in [0.15, 0.2) is 0 Å². The lowest BCUT2D eigenvalue weighted by Gasteiger charge is -2.12. The summed E-state index contributed by atoms with van der Waals surface area (Å²) in [6.45, 7) is 8.03. The van der Waals surface area contributed by atoms with E-state index >= 15 is 0 Å². The molecule has 1 atom stereocenters. The highest BCUT2D eigenvalue weighted by Gasteiger charge is 2.00. The maximum absolute atomic E-state index is 5.05. The summed E-state index contributed by atoms with van der Waals surface area (Å²) in [4.78, 5) is 0. The van der Waals surface area contributed by atoms with Gasteiger partial charge in [0.05, 0.1) is 6.61 Å². The van der Waals surface area contributed by atoms with E-state index in [2.05, 4.69) is 32.2 Å². The van der Waals surface area contributed by atoms with Gasteiger partial charge in [-0.25, -0.2) is 0 Å². The van der Waals surface area contributed by atoms with Gasteiger partial charge in [-0.05, 0) is 20.4 Å². The molecule has 0 aliphatic rings. The third-order valence-corrected chi connectivity index (χ3v) is 1.35. The molecule has 1 unspecified atom stereocenters. The van der Waals surface area contributed by atoms with E-state index in [4.69, 9.17) is 4.74 Å². The van der Waals surface area contributed by atoms with Gasteiger partial charge in [-0.15, -0.1) is 0 Å². The van der Waals surface area contributed by atoms with Crippen molar-refractivity contribution in [2.45, 2.75) is 26.8 Å². The zero-order valence-electron chi connectivity index (χ0n) is 7.98. The standard InChI is InChI=1S/C9H19NO/c1-5-10-9(7-11-4)6-8(2)3/h6,9-10H,5,7H2,1-4H3. The first kappa shape index (κ1) is 10.7. The monoisotopic (exact) mass is 157 g/mol. The maximum atomic E-state index is 5.05. The van der Waals surface area contributed by atoms with Crippen molar-refractivity contribution in [1.82, 2.24) is 5.32 Å². The summed E-state index contributed by atoms with van der Waals surface area (Å²) in [6, 6.07) is 0.370. The van der Waals surface area contributed by atoms with Crippen molar-refractivity contribution < 1.29 is 4.74 Å². The van der Waals surface area contributed by atoms with Crippen molar-refractivity contribution in [1.29, 1.82) is 0 Å². The van der Waals surface area contributed by atoms with Crippen LogP contribution in [0, 0.1) is 0 Å². The van der Waals surface area contributed by atoms with Gasteiger partial charge in [0.25, 0.3) is 0 Å². The van der Waals surface area contributed by atoms with E-state index in [9.17, 15) is 0 Å². The molecule has 0 saturated carbocycles. The minimum absolute atomic E-state index is 0.370. The topological polar surface area (TPSA) is 21.3 Å². The predicted octanol–water partition coefficient (Wildman–Crippen LogP) is 1.58. The molecule has 0 saturated heterocycles. The first-order valence-electron chi connectivity index (χ1n) is 4.08. The zero-order chi connectivity index (χ0) is 8.69. The minimum Gasteiger partial charge on any atom is -0.383 e. The van der Waals surface area contributed by atoms with Crippen molar-refractivity contribution in [2.75, 3.05) is 20.3 Å². The van der Waals surface area contributed by atoms with Crippen molar-refractivity contribution in [3.63, 3.8) is 0 Å². The van der Waals surface area contributed by atoms with Gasteiger partial charge in [0.2, 0.25) is 0 Å². The number of methoxy groups -OCH3 is 1. The van der Waals surface area contributed by atoms with Crippen LogP contribution in [0.25, 0.3) is 0 Å². The maximum Gasteiger partial charge on any atom is 0.0651 e. The van der Waals surface area contributed by atoms with Gasteiger partial charge in [0, 0.05) is 13.2 Å². The Morgan fingerprint density at radius 1 is 1.55 bits per heavy atom. The largest absolute Gasteiger partial charge is 0.383 e. The van der Waals surface area contributed by atoms with Crippen LogP contribution in [0.3, 0.4) is 0 Å². The van der Waals surface area contributed by atoms with Crippen molar-refractivity contribution in [3.8, 4) is 0 Å². The average molecular weight is 157 g/mol. The molecule has 0 aliphatic carbocycles. The van der Waals surface area contributed by atoms with Gasteiger partial charge < -0.3 is 10.1 Å². The summed E-state index contributed by atoms with van der Waals surface area (Å²) in [6.07, 6.45) is 2.19. The highest BCUT2D eigenvalue weighted by Crippen LogP contribution is 1.94. The number of ether oxygens (including phenoxy) is 1. The molecule has 2 nitrogen and oxygen atoms in total. The van der Waals surface area contributed by atoms with Crippen LogP contribution in [0.4, 0.5) is 0 Å². The Morgan fingerprint density at radius 3 is 2.55 bits per heavy atom. The Balaban J connectivity index is 3.78. The van der Waals surface area contributed by atoms with Gasteiger partial charge in [-0.1, -0.05) is 18.6 Å². The van der Waals surface area contributed by atoms with E-state index in [-0.39, 0.29) is 0 Å². The molecule has 66 valence electrons. The highest BCUT2D eigenvalue weighted by atomic mass is 16.5. The van der Waals surface area contributed by atoms with Gasteiger partial charge in [0.1, 0.15) is 0 Å². The van der Waals surface area contributed by atoms with E-state index in [0.29, 0.717) is 6.04 Å². The Labute approximate surface area is 69.6 Å². The number of hydrogen-bond donors (Lipinski definition) is 1. The second-order valence-electron chi connectivity index (χ2n) is 2.86. The second kappa shape index (κ2) is 6.38. The van der Waals surface area contributed by atoms with Crippen LogP contribution < -0.4 is 5.32 Å². The van der Waals surface area contributed by atoms with E-state index in [1.807, 2.05) is 0 Å². The van der Waals surface area contributed by atoms with Crippen molar-refractivity contribution >= 4 is 0 Å². The predicted molar refractivity (Wildman–Crippen MR) is 48.8 cm³/mol. The number of allylic oxidation sites excluding steroid dienone is 1. The lowest BCUT2D eigenvalue weighted by Crippen LogP contribution is -2.31. The Bertz CT molecular complexity index is 111. The van der Waals surface area contributed by atoms with E-state index in [1.165, 1.54) is 5.57 Å². The molecule has 2 heteroatoms. The molecule has 0 rings (SSSR count). The molecule has 11 heavy (non-hydrogen) atoms. The normalized spacial score (nSPS) is 12.7. The molecule has 0 spiro atoms. The molecule has 0 aliphatic heterocycles. The quantitative estimate of drug-likeness (QED) is 0.612. The minimum atomic E-state index is 0.370. The van der Waals surface area contributed by atoms with Crippen LogP contribution in [-0.2, 0) is 4.74 Å². The zero-order valence-corrected chi connectivity index (χ0v) is 7.98. The number of rotatable bonds is 5. The van der Waals surface area contributed by atoms with Crippen LogP contribution in [0.1, 0.15) is 20.8 Å². The smallest absolute Gasteiger partial charge is 0.0651 e. The van der Waals surface area contributed by atoms with E-state index in [0.717, 1.165) is 13.2 Å². The third kappa shape index (κ3) is 6.07. The van der Waals surface area contributed by atoms with Crippen LogP contribution in [0.15, 0.2) is 11.6 Å². The summed E-state index contributed by atoms with van der Waals surface area (Å²) >= 11 is 0. The summed E-state index contributed by atoms with van der Waals surface area (Å²) < 4.78 is 5.05. The number of nitrogens with one attached hydrogen (secondary N) is 1.